The van der Waals surface area contributed by atoms with Crippen LogP contribution in [0.15, 0.2) is 70.3 Å². The summed E-state index contributed by atoms with van der Waals surface area (Å²) in [6.07, 6.45) is 3.46. The number of benzene rings is 1. The summed E-state index contributed by atoms with van der Waals surface area (Å²) in [6, 6.07) is 12.1. The third-order valence-electron chi connectivity index (χ3n) is 4.91. The van der Waals surface area contributed by atoms with Crippen LogP contribution in [-0.4, -0.2) is 31.4 Å². The lowest BCUT2D eigenvalue weighted by Crippen LogP contribution is -2.15. The molecule has 0 saturated carbocycles. The van der Waals surface area contributed by atoms with Gasteiger partial charge in [-0.05, 0) is 47.5 Å². The van der Waals surface area contributed by atoms with Gasteiger partial charge in [-0.1, -0.05) is 47.7 Å². The van der Waals surface area contributed by atoms with Crippen molar-refractivity contribution in [1.82, 2.24) is 19.7 Å². The molecule has 9 heteroatoms. The van der Waals surface area contributed by atoms with E-state index >= 15 is 0 Å². The summed E-state index contributed by atoms with van der Waals surface area (Å²) in [4.78, 5) is 17.8. The lowest BCUT2D eigenvalue weighted by Gasteiger charge is -2.10. The number of thiophene rings is 1. The van der Waals surface area contributed by atoms with E-state index in [4.69, 9.17) is 0 Å². The number of carbonyl (C=O) groups is 1. The number of nitrogens with zero attached hydrogens (tertiary/aromatic N) is 4. The van der Waals surface area contributed by atoms with E-state index in [0.29, 0.717) is 17.5 Å². The third-order valence-corrected chi connectivity index (χ3v) is 7.26. The Morgan fingerprint density at radius 3 is 2.70 bits per heavy atom. The van der Waals surface area contributed by atoms with Gasteiger partial charge in [-0.25, -0.2) is 4.98 Å². The summed E-state index contributed by atoms with van der Waals surface area (Å²) in [5, 5.41) is 14.5. The Labute approximate surface area is 209 Å². The zero-order chi connectivity index (χ0) is 23.4. The molecule has 4 aromatic rings. The Hall–Kier alpha value is -2.75. The summed E-state index contributed by atoms with van der Waals surface area (Å²) in [7, 11) is 0. The van der Waals surface area contributed by atoms with Crippen molar-refractivity contribution in [3.05, 3.63) is 75.5 Å². The van der Waals surface area contributed by atoms with Crippen molar-refractivity contribution in [3.8, 4) is 22.5 Å². The SMILES string of the molecule is C=CCn1c(SCC(=O)Nc2ccc(Br)cn2)nnc1-c1csc(C)c1-c1ccc(C)cc1. The van der Waals surface area contributed by atoms with Crippen LogP contribution in [0.2, 0.25) is 0 Å². The van der Waals surface area contributed by atoms with Crippen LogP contribution in [0.25, 0.3) is 22.5 Å². The van der Waals surface area contributed by atoms with Crippen molar-refractivity contribution in [2.45, 2.75) is 25.5 Å². The molecule has 1 N–H and O–H groups in total. The number of thioether (sulfide) groups is 1. The molecule has 33 heavy (non-hydrogen) atoms. The van der Waals surface area contributed by atoms with Crippen molar-refractivity contribution in [2.75, 3.05) is 11.1 Å². The molecule has 6 nitrogen and oxygen atoms in total. The second-order valence-corrected chi connectivity index (χ2v) is 10.3. The highest BCUT2D eigenvalue weighted by Crippen LogP contribution is 2.39. The molecule has 1 aromatic carbocycles. The van der Waals surface area contributed by atoms with Crippen LogP contribution in [0.1, 0.15) is 10.4 Å². The minimum atomic E-state index is -0.156. The number of nitrogens with one attached hydrogen (secondary N) is 1. The number of halogens is 1. The molecule has 168 valence electrons. The molecule has 0 bridgehead atoms. The number of hydrogen-bond donors (Lipinski definition) is 1. The molecule has 1 amide bonds. The predicted molar refractivity (Wildman–Crippen MR) is 140 cm³/mol. The Bertz CT molecular complexity index is 1280. The van der Waals surface area contributed by atoms with E-state index in [1.165, 1.54) is 22.2 Å². The van der Waals surface area contributed by atoms with Gasteiger partial charge in [0.25, 0.3) is 0 Å². The maximum Gasteiger partial charge on any atom is 0.236 e. The Kier molecular flexibility index (Phi) is 7.42. The number of amides is 1. The van der Waals surface area contributed by atoms with E-state index in [1.807, 2.05) is 16.7 Å². The lowest BCUT2D eigenvalue weighted by molar-refractivity contribution is -0.113. The smallest absolute Gasteiger partial charge is 0.236 e. The third kappa shape index (κ3) is 5.43. The summed E-state index contributed by atoms with van der Waals surface area (Å²) >= 11 is 6.37. The maximum absolute atomic E-state index is 12.4. The van der Waals surface area contributed by atoms with Gasteiger partial charge >= 0.3 is 0 Å². The fourth-order valence-electron chi connectivity index (χ4n) is 3.35. The van der Waals surface area contributed by atoms with E-state index < -0.39 is 0 Å². The number of pyridine rings is 1. The van der Waals surface area contributed by atoms with Gasteiger partial charge in [0, 0.05) is 38.6 Å². The van der Waals surface area contributed by atoms with E-state index in [2.05, 4.69) is 86.5 Å². The van der Waals surface area contributed by atoms with Crippen LogP contribution >= 0.6 is 39.0 Å². The van der Waals surface area contributed by atoms with Crippen molar-refractivity contribution in [3.63, 3.8) is 0 Å². The molecule has 0 aliphatic carbocycles. The van der Waals surface area contributed by atoms with Gasteiger partial charge in [0.15, 0.2) is 11.0 Å². The molecule has 0 atom stereocenters. The lowest BCUT2D eigenvalue weighted by atomic mass is 10.0. The second kappa shape index (κ2) is 10.5. The molecule has 4 rings (SSSR count). The number of anilines is 1. The molecule has 3 heterocycles. The van der Waals surface area contributed by atoms with Crippen molar-refractivity contribution in [2.24, 2.45) is 0 Å². The minimum absolute atomic E-state index is 0.156. The zero-order valence-corrected chi connectivity index (χ0v) is 21.4. The first-order valence-corrected chi connectivity index (χ1v) is 12.9. The van der Waals surface area contributed by atoms with E-state index in [-0.39, 0.29) is 11.7 Å². The molecule has 0 saturated heterocycles. The van der Waals surface area contributed by atoms with Crippen LogP contribution in [0.5, 0.6) is 0 Å². The number of carbonyl (C=O) groups excluding carboxylic acids is 1. The van der Waals surface area contributed by atoms with Crippen molar-refractivity contribution < 1.29 is 4.79 Å². The second-order valence-electron chi connectivity index (χ2n) is 7.35. The first-order chi connectivity index (χ1) is 16.0. The molecule has 0 spiro atoms. The van der Waals surface area contributed by atoms with Gasteiger partial charge in [0.05, 0.1) is 5.75 Å². The summed E-state index contributed by atoms with van der Waals surface area (Å²) in [5.74, 6) is 1.32. The Balaban J connectivity index is 1.57. The fraction of sp³-hybridized carbons (Fsp3) is 0.167. The van der Waals surface area contributed by atoms with Gasteiger partial charge in [0.2, 0.25) is 5.91 Å². The standard InChI is InChI=1S/C24H22BrN5OS2/c1-4-11-30-23(19-13-32-16(3)22(19)17-7-5-15(2)6-8-17)28-29-24(30)33-14-21(31)27-20-10-9-18(25)12-26-20/h4-10,12-13H,1,11,14H2,2-3H3,(H,26,27,31). The monoisotopic (exact) mass is 539 g/mol. The van der Waals surface area contributed by atoms with Crippen LogP contribution in [0.3, 0.4) is 0 Å². The summed E-state index contributed by atoms with van der Waals surface area (Å²) in [5.41, 5.74) is 4.57. The zero-order valence-electron chi connectivity index (χ0n) is 18.2. The number of aryl methyl sites for hydroxylation is 2. The highest BCUT2D eigenvalue weighted by atomic mass is 79.9. The van der Waals surface area contributed by atoms with Crippen LogP contribution in [0.4, 0.5) is 5.82 Å². The van der Waals surface area contributed by atoms with E-state index in [0.717, 1.165) is 27.0 Å². The first-order valence-electron chi connectivity index (χ1n) is 10.2. The van der Waals surface area contributed by atoms with Gasteiger partial charge in [-0.2, -0.15) is 0 Å². The van der Waals surface area contributed by atoms with Gasteiger partial charge in [0.1, 0.15) is 5.82 Å². The number of rotatable bonds is 8. The molecule has 0 aliphatic heterocycles. The number of aromatic nitrogens is 4. The molecule has 3 aromatic heterocycles. The fourth-order valence-corrected chi connectivity index (χ4v) is 5.19. The van der Waals surface area contributed by atoms with E-state index in [1.54, 1.807) is 23.6 Å². The van der Waals surface area contributed by atoms with Crippen LogP contribution < -0.4 is 5.32 Å². The van der Waals surface area contributed by atoms with Gasteiger partial charge in [-0.3, -0.25) is 9.36 Å². The molecular formula is C24H22BrN5OS2. The first kappa shape index (κ1) is 23.4. The largest absolute Gasteiger partial charge is 0.310 e. The molecule has 0 radical (unpaired) electrons. The highest BCUT2D eigenvalue weighted by molar-refractivity contribution is 9.10. The number of hydrogen-bond acceptors (Lipinski definition) is 6. The highest BCUT2D eigenvalue weighted by Gasteiger charge is 2.20. The predicted octanol–water partition coefficient (Wildman–Crippen LogP) is 6.36. The average Bonchev–Trinajstić information content (AvgIpc) is 3.38. The topological polar surface area (TPSA) is 72.7 Å². The normalized spacial score (nSPS) is 10.9. The minimum Gasteiger partial charge on any atom is -0.310 e. The van der Waals surface area contributed by atoms with Gasteiger partial charge < -0.3 is 5.32 Å². The molecule has 0 unspecified atom stereocenters. The molecule has 0 fully saturated rings. The quantitative estimate of drug-likeness (QED) is 0.208. The number of allylic oxidation sites excluding steroid dienone is 1. The maximum atomic E-state index is 12.4. The van der Waals surface area contributed by atoms with Crippen molar-refractivity contribution >= 4 is 50.8 Å². The Morgan fingerprint density at radius 2 is 2.00 bits per heavy atom. The van der Waals surface area contributed by atoms with Crippen molar-refractivity contribution in [1.29, 1.82) is 0 Å². The van der Waals surface area contributed by atoms with E-state index in [9.17, 15) is 4.79 Å². The average molecular weight is 541 g/mol. The summed E-state index contributed by atoms with van der Waals surface area (Å²) in [6.45, 7) is 8.64. The summed E-state index contributed by atoms with van der Waals surface area (Å²) < 4.78 is 2.86. The van der Waals surface area contributed by atoms with Crippen LogP contribution in [0, 0.1) is 13.8 Å². The molecular weight excluding hydrogens is 518 g/mol. The Morgan fingerprint density at radius 1 is 1.21 bits per heavy atom. The molecule has 0 aliphatic rings. The van der Waals surface area contributed by atoms with Gasteiger partial charge in [-0.15, -0.1) is 28.1 Å². The van der Waals surface area contributed by atoms with Crippen LogP contribution in [-0.2, 0) is 11.3 Å².